The predicted molar refractivity (Wildman–Crippen MR) is 111 cm³/mol. The Morgan fingerprint density at radius 3 is 2.42 bits per heavy atom. The van der Waals surface area contributed by atoms with Gasteiger partial charge in [0.05, 0.1) is 5.69 Å². The molecule has 0 N–H and O–H groups in total. The quantitative estimate of drug-likeness (QED) is 0.404. The second-order valence-electron chi connectivity index (χ2n) is 5.83. The largest absolute Gasteiger partial charge is 0.285 e. The molecular weight excluding hydrogens is 406 g/mol. The van der Waals surface area contributed by atoms with Crippen LogP contribution in [0.3, 0.4) is 0 Å². The number of hydrogen-bond acceptors (Lipinski definition) is 3. The lowest BCUT2D eigenvalue weighted by Gasteiger charge is -2.09. The molecule has 0 fully saturated rings. The summed E-state index contributed by atoms with van der Waals surface area (Å²) in [5.74, 6) is 0.721. The van der Waals surface area contributed by atoms with Crippen molar-refractivity contribution in [3.05, 3.63) is 93.1 Å². The highest BCUT2D eigenvalue weighted by Gasteiger charge is 2.10. The van der Waals surface area contributed by atoms with Gasteiger partial charge in [-0.1, -0.05) is 52.3 Å². The van der Waals surface area contributed by atoms with E-state index >= 15 is 0 Å². The van der Waals surface area contributed by atoms with Gasteiger partial charge in [-0.15, -0.1) is 11.3 Å². The van der Waals surface area contributed by atoms with Gasteiger partial charge in [-0.25, -0.2) is 9.98 Å². The normalized spacial score (nSPS) is 11.7. The molecule has 2 aromatic carbocycles. The summed E-state index contributed by atoms with van der Waals surface area (Å²) < 4.78 is 3.24. The van der Waals surface area contributed by atoms with Crippen LogP contribution in [0.2, 0.25) is 0 Å². The molecule has 4 aromatic rings. The van der Waals surface area contributed by atoms with Gasteiger partial charge in [-0.2, -0.15) is 0 Å². The number of thiazole rings is 1. The van der Waals surface area contributed by atoms with E-state index in [-0.39, 0.29) is 0 Å². The van der Waals surface area contributed by atoms with Crippen LogP contribution in [-0.4, -0.2) is 9.55 Å². The predicted octanol–water partition coefficient (Wildman–Crippen LogP) is 5.90. The molecule has 0 unspecified atom stereocenters. The molecule has 0 aliphatic carbocycles. The van der Waals surface area contributed by atoms with Gasteiger partial charge in [0.25, 0.3) is 0 Å². The maximum absolute atomic E-state index is 4.80. The van der Waals surface area contributed by atoms with Crippen LogP contribution in [-0.2, 0) is 0 Å². The maximum atomic E-state index is 4.80. The van der Waals surface area contributed by atoms with Gasteiger partial charge in [0.2, 0.25) is 0 Å². The Balaban J connectivity index is 1.94. The Kier molecular flexibility index (Phi) is 4.82. The van der Waals surface area contributed by atoms with Crippen LogP contribution in [0.25, 0.3) is 16.9 Å². The number of halogens is 1. The molecule has 0 aliphatic rings. The number of para-hydroxylation sites is 1. The topological polar surface area (TPSA) is 30.2 Å². The summed E-state index contributed by atoms with van der Waals surface area (Å²) in [5.41, 5.74) is 4.30. The van der Waals surface area contributed by atoms with Crippen molar-refractivity contribution < 1.29 is 0 Å². The standard InChI is InChI=1S/C21H16BrN3S/c1-15-6-5-9-20(23-15)24-21-25(18-7-3-2-4-8-18)19(14-26-21)16-10-12-17(22)13-11-16/h2-14H,1H3/b24-21+. The van der Waals surface area contributed by atoms with E-state index in [9.17, 15) is 0 Å². The number of nitrogens with zero attached hydrogens (tertiary/aromatic N) is 3. The van der Waals surface area contributed by atoms with Gasteiger partial charge in [0, 0.05) is 21.2 Å². The van der Waals surface area contributed by atoms with Crippen molar-refractivity contribution in [3.63, 3.8) is 0 Å². The highest BCUT2D eigenvalue weighted by Crippen LogP contribution is 2.25. The molecule has 3 nitrogen and oxygen atoms in total. The third-order valence-electron chi connectivity index (χ3n) is 3.95. The van der Waals surface area contributed by atoms with Crippen LogP contribution in [0, 0.1) is 6.92 Å². The van der Waals surface area contributed by atoms with Crippen molar-refractivity contribution in [3.8, 4) is 16.9 Å². The molecule has 26 heavy (non-hydrogen) atoms. The van der Waals surface area contributed by atoms with Crippen LogP contribution in [0.1, 0.15) is 5.69 Å². The Bertz CT molecular complexity index is 1100. The molecule has 0 aliphatic heterocycles. The Morgan fingerprint density at radius 1 is 0.923 bits per heavy atom. The van der Waals surface area contributed by atoms with Gasteiger partial charge in [-0.05, 0) is 48.9 Å². The highest BCUT2D eigenvalue weighted by molar-refractivity contribution is 9.10. The summed E-state index contributed by atoms with van der Waals surface area (Å²) in [4.78, 5) is 10.2. The van der Waals surface area contributed by atoms with Crippen LogP contribution in [0.15, 0.2) is 87.6 Å². The maximum Gasteiger partial charge on any atom is 0.196 e. The van der Waals surface area contributed by atoms with Crippen molar-refractivity contribution in [1.29, 1.82) is 0 Å². The van der Waals surface area contributed by atoms with Gasteiger partial charge in [0.15, 0.2) is 10.6 Å². The van der Waals surface area contributed by atoms with Crippen molar-refractivity contribution in [2.45, 2.75) is 6.92 Å². The van der Waals surface area contributed by atoms with Crippen molar-refractivity contribution in [2.24, 2.45) is 4.99 Å². The zero-order valence-electron chi connectivity index (χ0n) is 14.1. The fourth-order valence-corrected chi connectivity index (χ4v) is 3.90. The second kappa shape index (κ2) is 7.40. The minimum atomic E-state index is 0.721. The lowest BCUT2D eigenvalue weighted by molar-refractivity contribution is 1.00. The van der Waals surface area contributed by atoms with Crippen LogP contribution in [0.5, 0.6) is 0 Å². The van der Waals surface area contributed by atoms with Crippen molar-refractivity contribution >= 4 is 33.1 Å². The summed E-state index contributed by atoms with van der Waals surface area (Å²) in [6.07, 6.45) is 0. The molecule has 0 radical (unpaired) electrons. The van der Waals surface area contributed by atoms with E-state index < -0.39 is 0 Å². The van der Waals surface area contributed by atoms with E-state index in [1.165, 1.54) is 0 Å². The molecule has 0 saturated heterocycles. The van der Waals surface area contributed by atoms with Crippen LogP contribution >= 0.6 is 27.3 Å². The Hall–Kier alpha value is -2.50. The van der Waals surface area contributed by atoms with Crippen molar-refractivity contribution in [2.75, 3.05) is 0 Å². The zero-order chi connectivity index (χ0) is 17.9. The van der Waals surface area contributed by atoms with Crippen molar-refractivity contribution in [1.82, 2.24) is 9.55 Å². The summed E-state index contributed by atoms with van der Waals surface area (Å²) >= 11 is 5.12. The zero-order valence-corrected chi connectivity index (χ0v) is 16.5. The Morgan fingerprint density at radius 2 is 1.69 bits per heavy atom. The molecule has 0 spiro atoms. The first-order chi connectivity index (χ1) is 12.7. The van der Waals surface area contributed by atoms with E-state index in [0.717, 1.165) is 37.7 Å². The average Bonchev–Trinajstić information content (AvgIpc) is 3.06. The van der Waals surface area contributed by atoms with Gasteiger partial charge >= 0.3 is 0 Å². The molecule has 2 aromatic heterocycles. The third kappa shape index (κ3) is 3.54. The number of aromatic nitrogens is 2. The van der Waals surface area contributed by atoms with E-state index in [1.54, 1.807) is 11.3 Å². The number of pyridine rings is 1. The lowest BCUT2D eigenvalue weighted by atomic mass is 10.1. The smallest absolute Gasteiger partial charge is 0.196 e. The Labute approximate surface area is 164 Å². The minimum Gasteiger partial charge on any atom is -0.285 e. The molecule has 2 heterocycles. The van der Waals surface area contributed by atoms with Gasteiger partial charge < -0.3 is 0 Å². The summed E-state index contributed by atoms with van der Waals surface area (Å²) in [6, 6.07) is 24.5. The lowest BCUT2D eigenvalue weighted by Crippen LogP contribution is -2.13. The summed E-state index contributed by atoms with van der Waals surface area (Å²) in [7, 11) is 0. The van der Waals surface area contributed by atoms with Crippen LogP contribution in [0.4, 0.5) is 5.82 Å². The molecule has 128 valence electrons. The van der Waals surface area contributed by atoms with Crippen LogP contribution < -0.4 is 4.80 Å². The minimum absolute atomic E-state index is 0.721. The number of hydrogen-bond donors (Lipinski definition) is 0. The fraction of sp³-hybridized carbons (Fsp3) is 0.0476. The SMILES string of the molecule is Cc1cccc(/N=c2/scc(-c3ccc(Br)cc3)n2-c2ccccc2)n1. The third-order valence-corrected chi connectivity index (χ3v) is 5.30. The number of aryl methyl sites for hydroxylation is 1. The number of rotatable bonds is 3. The molecule has 0 bridgehead atoms. The monoisotopic (exact) mass is 421 g/mol. The molecular formula is C21H16BrN3S. The molecule has 5 heteroatoms. The summed E-state index contributed by atoms with van der Waals surface area (Å²) in [6.45, 7) is 1.98. The number of benzene rings is 2. The fourth-order valence-electron chi connectivity index (χ4n) is 2.73. The van der Waals surface area contributed by atoms with E-state index in [1.807, 2.05) is 43.3 Å². The van der Waals surface area contributed by atoms with E-state index in [0.29, 0.717) is 0 Å². The summed E-state index contributed by atoms with van der Waals surface area (Å²) in [5, 5.41) is 2.14. The first kappa shape index (κ1) is 16.9. The van der Waals surface area contributed by atoms with Gasteiger partial charge in [-0.3, -0.25) is 4.57 Å². The van der Waals surface area contributed by atoms with E-state index in [4.69, 9.17) is 4.99 Å². The first-order valence-corrected chi connectivity index (χ1v) is 9.88. The van der Waals surface area contributed by atoms with E-state index in [2.05, 4.69) is 67.3 Å². The first-order valence-electron chi connectivity index (χ1n) is 8.21. The molecule has 0 saturated carbocycles. The average molecular weight is 422 g/mol. The molecule has 0 amide bonds. The second-order valence-corrected chi connectivity index (χ2v) is 7.58. The van der Waals surface area contributed by atoms with Gasteiger partial charge in [0.1, 0.15) is 0 Å². The molecule has 0 atom stereocenters. The molecule has 4 rings (SSSR count). The highest BCUT2D eigenvalue weighted by atomic mass is 79.9.